The van der Waals surface area contributed by atoms with Crippen LogP contribution in [0.5, 0.6) is 0 Å². The highest BCUT2D eigenvalue weighted by Crippen LogP contribution is 2.43. The van der Waals surface area contributed by atoms with Gasteiger partial charge in [-0.25, -0.2) is 4.57 Å². The lowest BCUT2D eigenvalue weighted by Crippen LogP contribution is -2.29. The predicted molar refractivity (Wildman–Crippen MR) is 220 cm³/mol. The number of hydrogen-bond acceptors (Lipinski definition) is 8. The SMILES string of the molecule is CC/C=C\C/C=C\C/C=C\C/C=C\CCCCC(=O)OCC(COP(=O)(O)OCCN(C)C)OC(=O)CCCCCCC/C=C\CCCCCCCC. The molecule has 10 heteroatoms. The molecule has 0 saturated heterocycles. The lowest BCUT2D eigenvalue weighted by Gasteiger charge is -2.20. The topological polar surface area (TPSA) is 112 Å². The fourth-order valence-electron chi connectivity index (χ4n) is 5.14. The fraction of sp³-hybridized carbons (Fsp3) is 0.721. The van der Waals surface area contributed by atoms with Gasteiger partial charge >= 0.3 is 19.8 Å². The van der Waals surface area contributed by atoms with Crippen molar-refractivity contribution < 1.29 is 37.6 Å². The zero-order chi connectivity index (χ0) is 39.1. The standard InChI is InChI=1S/C43H76NO8P/c1-5-7-9-11-13-15-17-19-21-23-25-27-29-31-33-35-42(45)49-39-41(40-51-53(47,48)50-38-37-44(3)4)52-43(46)36-34-32-30-28-26-24-22-20-18-16-14-12-10-8-6-2/h7,9,13,15,19-22,25,27,41H,5-6,8,10-12,14,16-18,23-24,26,28-40H2,1-4H3,(H,47,48)/b9-7-,15-13-,21-19-,22-20-,27-25-. The van der Waals surface area contributed by atoms with E-state index in [1.807, 2.05) is 19.0 Å². The summed E-state index contributed by atoms with van der Waals surface area (Å²) in [6, 6.07) is 0. The first-order valence-corrected chi connectivity index (χ1v) is 22.1. The highest BCUT2D eigenvalue weighted by molar-refractivity contribution is 7.47. The van der Waals surface area contributed by atoms with Crippen LogP contribution < -0.4 is 0 Å². The molecule has 0 radical (unpaired) electrons. The highest BCUT2D eigenvalue weighted by Gasteiger charge is 2.26. The first kappa shape index (κ1) is 50.7. The summed E-state index contributed by atoms with van der Waals surface area (Å²) in [6.07, 6.45) is 42.7. The third-order valence-corrected chi connectivity index (χ3v) is 9.29. The molecule has 0 bridgehead atoms. The molecule has 306 valence electrons. The van der Waals surface area contributed by atoms with Gasteiger partial charge in [0, 0.05) is 19.4 Å². The summed E-state index contributed by atoms with van der Waals surface area (Å²) in [5.74, 6) is -0.866. The molecule has 0 spiro atoms. The number of nitrogens with zero attached hydrogens (tertiary/aromatic N) is 1. The van der Waals surface area contributed by atoms with E-state index < -0.39 is 32.5 Å². The van der Waals surface area contributed by atoms with Crippen LogP contribution >= 0.6 is 7.82 Å². The summed E-state index contributed by atoms with van der Waals surface area (Å²) in [5.41, 5.74) is 0. The van der Waals surface area contributed by atoms with Crippen LogP contribution in [-0.2, 0) is 32.7 Å². The van der Waals surface area contributed by atoms with Gasteiger partial charge in [-0.05, 0) is 91.1 Å². The number of phosphoric acid groups is 1. The van der Waals surface area contributed by atoms with Gasteiger partial charge in [-0.1, -0.05) is 126 Å². The predicted octanol–water partition coefficient (Wildman–Crippen LogP) is 11.5. The van der Waals surface area contributed by atoms with Gasteiger partial charge < -0.3 is 19.3 Å². The van der Waals surface area contributed by atoms with Gasteiger partial charge in [-0.2, -0.15) is 0 Å². The Hall–Kier alpha value is -2.29. The Morgan fingerprint density at radius 1 is 0.604 bits per heavy atom. The summed E-state index contributed by atoms with van der Waals surface area (Å²) in [5, 5.41) is 0. The lowest BCUT2D eigenvalue weighted by molar-refractivity contribution is -0.161. The summed E-state index contributed by atoms with van der Waals surface area (Å²) < 4.78 is 33.4. The normalized spacial score (nSPS) is 14.1. The second-order valence-electron chi connectivity index (χ2n) is 13.8. The Morgan fingerprint density at radius 2 is 1.08 bits per heavy atom. The first-order valence-electron chi connectivity index (χ1n) is 20.6. The molecule has 0 aliphatic heterocycles. The van der Waals surface area contributed by atoms with Gasteiger partial charge in [-0.3, -0.25) is 18.6 Å². The number of ether oxygens (including phenoxy) is 2. The van der Waals surface area contributed by atoms with E-state index in [-0.39, 0.29) is 26.1 Å². The van der Waals surface area contributed by atoms with Crippen LogP contribution in [0.1, 0.15) is 155 Å². The molecular weight excluding hydrogens is 689 g/mol. The molecule has 0 aliphatic rings. The van der Waals surface area contributed by atoms with E-state index in [0.717, 1.165) is 70.6 Å². The maximum Gasteiger partial charge on any atom is 0.472 e. The largest absolute Gasteiger partial charge is 0.472 e. The Bertz CT molecular complexity index is 1070. The third-order valence-electron chi connectivity index (χ3n) is 8.31. The first-order chi connectivity index (χ1) is 25.7. The van der Waals surface area contributed by atoms with Gasteiger partial charge in [0.05, 0.1) is 13.2 Å². The van der Waals surface area contributed by atoms with Crippen LogP contribution in [-0.4, -0.2) is 68.3 Å². The molecule has 9 nitrogen and oxygen atoms in total. The van der Waals surface area contributed by atoms with Crippen molar-refractivity contribution in [3.63, 3.8) is 0 Å². The Kier molecular flexibility index (Phi) is 36.4. The van der Waals surface area contributed by atoms with E-state index >= 15 is 0 Å². The minimum atomic E-state index is -4.37. The van der Waals surface area contributed by atoms with Crippen LogP contribution in [0.15, 0.2) is 60.8 Å². The second kappa shape index (κ2) is 38.0. The zero-order valence-corrected chi connectivity index (χ0v) is 34.8. The average Bonchev–Trinajstić information content (AvgIpc) is 3.12. The van der Waals surface area contributed by atoms with Crippen LogP contribution in [0, 0.1) is 0 Å². The summed E-state index contributed by atoms with van der Waals surface area (Å²) >= 11 is 0. The number of allylic oxidation sites excluding steroid dienone is 10. The van der Waals surface area contributed by atoms with Crippen LogP contribution in [0.4, 0.5) is 0 Å². The van der Waals surface area contributed by atoms with Crippen molar-refractivity contribution in [1.82, 2.24) is 4.90 Å². The van der Waals surface area contributed by atoms with E-state index in [1.54, 1.807) is 0 Å². The number of unbranched alkanes of at least 4 members (excludes halogenated alkanes) is 13. The molecule has 0 aromatic rings. The van der Waals surface area contributed by atoms with E-state index in [0.29, 0.717) is 19.4 Å². The number of likely N-dealkylation sites (N-methyl/N-ethyl adjacent to an activating group) is 1. The second-order valence-corrected chi connectivity index (χ2v) is 15.2. The van der Waals surface area contributed by atoms with Gasteiger partial charge in [0.1, 0.15) is 6.61 Å². The summed E-state index contributed by atoms with van der Waals surface area (Å²) in [6.45, 7) is 4.13. The number of hydrogen-bond donors (Lipinski definition) is 1. The molecule has 0 saturated carbocycles. The number of rotatable bonds is 37. The number of carbonyl (C=O) groups excluding carboxylic acids is 2. The van der Waals surface area contributed by atoms with Gasteiger partial charge in [0.2, 0.25) is 0 Å². The molecule has 0 aliphatic carbocycles. The molecule has 53 heavy (non-hydrogen) atoms. The molecule has 2 unspecified atom stereocenters. The Balaban J connectivity index is 4.42. The van der Waals surface area contributed by atoms with Crippen molar-refractivity contribution in [2.24, 2.45) is 0 Å². The molecule has 0 aromatic heterocycles. The van der Waals surface area contributed by atoms with E-state index in [2.05, 4.69) is 74.6 Å². The van der Waals surface area contributed by atoms with Crippen LogP contribution in [0.25, 0.3) is 0 Å². The molecule has 0 fully saturated rings. The Labute approximate surface area is 323 Å². The highest BCUT2D eigenvalue weighted by atomic mass is 31.2. The van der Waals surface area contributed by atoms with Crippen LogP contribution in [0.2, 0.25) is 0 Å². The number of carbonyl (C=O) groups is 2. The smallest absolute Gasteiger partial charge is 0.462 e. The maximum atomic E-state index is 12.6. The molecule has 1 N–H and O–H groups in total. The minimum Gasteiger partial charge on any atom is -0.462 e. The van der Waals surface area contributed by atoms with E-state index in [1.165, 1.54) is 44.9 Å². The zero-order valence-electron chi connectivity index (χ0n) is 33.9. The molecule has 0 aromatic carbocycles. The quantitative estimate of drug-likeness (QED) is 0.0286. The molecule has 0 heterocycles. The maximum absolute atomic E-state index is 12.6. The van der Waals surface area contributed by atoms with Crippen molar-refractivity contribution in [2.75, 3.05) is 40.5 Å². The van der Waals surface area contributed by atoms with Gasteiger partial charge in [0.25, 0.3) is 0 Å². The van der Waals surface area contributed by atoms with Gasteiger partial charge in [-0.15, -0.1) is 0 Å². The Morgan fingerprint density at radius 3 is 1.66 bits per heavy atom. The fourth-order valence-corrected chi connectivity index (χ4v) is 5.88. The minimum absolute atomic E-state index is 0.00336. The van der Waals surface area contributed by atoms with Crippen molar-refractivity contribution in [1.29, 1.82) is 0 Å². The van der Waals surface area contributed by atoms with E-state index in [9.17, 15) is 19.0 Å². The van der Waals surface area contributed by atoms with Crippen LogP contribution in [0.3, 0.4) is 0 Å². The van der Waals surface area contributed by atoms with Crippen molar-refractivity contribution in [3.05, 3.63) is 60.8 Å². The third kappa shape index (κ3) is 39.2. The summed E-state index contributed by atoms with van der Waals surface area (Å²) in [7, 11) is -0.740. The molecule has 2 atom stereocenters. The average molecular weight is 766 g/mol. The monoisotopic (exact) mass is 766 g/mol. The van der Waals surface area contributed by atoms with Crippen molar-refractivity contribution in [3.8, 4) is 0 Å². The lowest BCUT2D eigenvalue weighted by atomic mass is 10.1. The van der Waals surface area contributed by atoms with Gasteiger partial charge in [0.15, 0.2) is 6.10 Å². The van der Waals surface area contributed by atoms with E-state index in [4.69, 9.17) is 18.5 Å². The molecule has 0 rings (SSSR count). The number of esters is 2. The number of phosphoric ester groups is 1. The summed E-state index contributed by atoms with van der Waals surface area (Å²) in [4.78, 5) is 36.9. The molecule has 0 amide bonds. The van der Waals surface area contributed by atoms with Crippen molar-refractivity contribution in [2.45, 2.75) is 161 Å². The molecular formula is C43H76NO8P. The van der Waals surface area contributed by atoms with Crippen molar-refractivity contribution >= 4 is 19.8 Å².